The molecule has 2 fully saturated rings. The summed E-state index contributed by atoms with van der Waals surface area (Å²) in [4.78, 5) is 13.3. The first kappa shape index (κ1) is 21.1. The Morgan fingerprint density at radius 3 is 2.36 bits per heavy atom. The highest BCUT2D eigenvalue weighted by Gasteiger charge is 2.39. The van der Waals surface area contributed by atoms with Gasteiger partial charge in [0.15, 0.2) is 0 Å². The lowest BCUT2D eigenvalue weighted by molar-refractivity contribution is -0.138. The van der Waals surface area contributed by atoms with Crippen LogP contribution in [-0.2, 0) is 21.0 Å². The van der Waals surface area contributed by atoms with Gasteiger partial charge in [-0.2, -0.15) is 17.5 Å². The Hall–Kier alpha value is -1.65. The maximum Gasteiger partial charge on any atom is 0.416 e. The van der Waals surface area contributed by atoms with Crippen LogP contribution in [-0.4, -0.2) is 55.2 Å². The molecule has 2 aliphatic rings. The van der Waals surface area contributed by atoms with E-state index in [4.69, 9.17) is 5.73 Å². The summed E-state index contributed by atoms with van der Waals surface area (Å²) in [6, 6.07) is 2.84. The minimum atomic E-state index is -4.61. The Morgan fingerprint density at radius 2 is 1.79 bits per heavy atom. The zero-order valence-electron chi connectivity index (χ0n) is 15.6. The number of benzene rings is 1. The first-order chi connectivity index (χ1) is 13.0. The molecule has 0 saturated carbocycles. The van der Waals surface area contributed by atoms with Crippen LogP contribution in [0.15, 0.2) is 23.1 Å². The standard InChI is InChI=1S/C18H24F3N3O3S/c1-12-4-5-14(11-15(12)18(19,20)21)28(26,27)23-9-6-13(7-10-23)24-8-2-3-16(24)17(22)25/h4-5,11,13,16H,2-3,6-10H2,1H3,(H2,22,25). The van der Waals surface area contributed by atoms with Crippen LogP contribution in [0.25, 0.3) is 0 Å². The predicted octanol–water partition coefficient (Wildman–Crippen LogP) is 2.12. The van der Waals surface area contributed by atoms with Crippen LogP contribution in [0.4, 0.5) is 13.2 Å². The molecule has 6 nitrogen and oxygen atoms in total. The van der Waals surface area contributed by atoms with Gasteiger partial charge in [-0.3, -0.25) is 9.69 Å². The number of rotatable bonds is 4. The number of halogens is 3. The van der Waals surface area contributed by atoms with E-state index < -0.39 is 21.8 Å². The number of hydrogen-bond donors (Lipinski definition) is 1. The lowest BCUT2D eigenvalue weighted by Crippen LogP contribution is -2.51. The fraction of sp³-hybridized carbons (Fsp3) is 0.611. The second kappa shape index (κ2) is 7.64. The lowest BCUT2D eigenvalue weighted by Gasteiger charge is -2.38. The lowest BCUT2D eigenvalue weighted by atomic mass is 10.0. The van der Waals surface area contributed by atoms with Crippen molar-refractivity contribution >= 4 is 15.9 Å². The van der Waals surface area contributed by atoms with Crippen molar-refractivity contribution in [2.24, 2.45) is 5.73 Å². The van der Waals surface area contributed by atoms with Crippen LogP contribution in [0.5, 0.6) is 0 Å². The highest BCUT2D eigenvalue weighted by atomic mass is 32.2. The van der Waals surface area contributed by atoms with E-state index in [0.717, 1.165) is 13.0 Å². The fourth-order valence-corrected chi connectivity index (χ4v) is 5.66. The number of sulfonamides is 1. The van der Waals surface area contributed by atoms with Crippen LogP contribution in [0.2, 0.25) is 0 Å². The Morgan fingerprint density at radius 1 is 1.14 bits per heavy atom. The van der Waals surface area contributed by atoms with Crippen LogP contribution in [0.3, 0.4) is 0 Å². The third-order valence-electron chi connectivity index (χ3n) is 5.67. The number of hydrogen-bond acceptors (Lipinski definition) is 4. The zero-order chi connectivity index (χ0) is 20.7. The highest BCUT2D eigenvalue weighted by Crippen LogP contribution is 2.34. The van der Waals surface area contributed by atoms with E-state index in [0.29, 0.717) is 25.3 Å². The van der Waals surface area contributed by atoms with Gasteiger partial charge < -0.3 is 5.73 Å². The summed E-state index contributed by atoms with van der Waals surface area (Å²) in [6.45, 7) is 2.45. The van der Waals surface area contributed by atoms with Crippen molar-refractivity contribution in [3.05, 3.63) is 29.3 Å². The Bertz CT molecular complexity index is 849. The summed E-state index contributed by atoms with van der Waals surface area (Å²) in [5.74, 6) is -0.369. The number of aryl methyl sites for hydroxylation is 1. The molecular formula is C18H24F3N3O3S. The number of likely N-dealkylation sites (tertiary alicyclic amines) is 1. The van der Waals surface area contributed by atoms with Gasteiger partial charge in [0.2, 0.25) is 15.9 Å². The molecule has 0 aliphatic carbocycles. The molecule has 2 aliphatic heterocycles. The van der Waals surface area contributed by atoms with Gasteiger partial charge in [0.05, 0.1) is 16.5 Å². The molecule has 2 heterocycles. The summed E-state index contributed by atoms with van der Waals surface area (Å²) in [7, 11) is -4.02. The third-order valence-corrected chi connectivity index (χ3v) is 7.56. The van der Waals surface area contributed by atoms with E-state index in [-0.39, 0.29) is 41.5 Å². The predicted molar refractivity (Wildman–Crippen MR) is 96.9 cm³/mol. The van der Waals surface area contributed by atoms with Crippen molar-refractivity contribution in [3.63, 3.8) is 0 Å². The quantitative estimate of drug-likeness (QED) is 0.810. The molecule has 1 atom stereocenters. The second-order valence-electron chi connectivity index (χ2n) is 7.41. The number of nitrogens with two attached hydrogens (primary N) is 1. The molecule has 1 aromatic carbocycles. The van der Waals surface area contributed by atoms with Crippen LogP contribution >= 0.6 is 0 Å². The number of primary amides is 1. The fourth-order valence-electron chi connectivity index (χ4n) is 4.16. The topological polar surface area (TPSA) is 83.7 Å². The Kier molecular flexibility index (Phi) is 5.75. The van der Waals surface area contributed by atoms with E-state index in [2.05, 4.69) is 0 Å². The number of alkyl halides is 3. The summed E-state index contributed by atoms with van der Waals surface area (Å²) in [6.07, 6.45) is -2.00. The van der Waals surface area contributed by atoms with E-state index in [1.807, 2.05) is 4.90 Å². The van der Waals surface area contributed by atoms with Gasteiger partial charge in [0.1, 0.15) is 0 Å². The normalized spacial score (nSPS) is 23.2. The molecule has 10 heteroatoms. The average Bonchev–Trinajstić information content (AvgIpc) is 3.11. The first-order valence-electron chi connectivity index (χ1n) is 9.25. The van der Waals surface area contributed by atoms with Gasteiger partial charge in [-0.1, -0.05) is 6.07 Å². The number of amides is 1. The minimum Gasteiger partial charge on any atom is -0.368 e. The van der Waals surface area contributed by atoms with Crippen molar-refractivity contribution in [2.75, 3.05) is 19.6 Å². The van der Waals surface area contributed by atoms with E-state index in [1.165, 1.54) is 23.4 Å². The highest BCUT2D eigenvalue weighted by molar-refractivity contribution is 7.89. The summed E-state index contributed by atoms with van der Waals surface area (Å²) in [5.41, 5.74) is 4.49. The minimum absolute atomic E-state index is 0.0170. The molecule has 0 aromatic heterocycles. The SMILES string of the molecule is Cc1ccc(S(=O)(=O)N2CCC(N3CCCC3C(N)=O)CC2)cc1C(F)(F)F. The van der Waals surface area contributed by atoms with E-state index >= 15 is 0 Å². The largest absolute Gasteiger partial charge is 0.416 e. The molecule has 1 unspecified atom stereocenters. The van der Waals surface area contributed by atoms with Gasteiger partial charge >= 0.3 is 6.18 Å². The molecule has 156 valence electrons. The molecule has 0 bridgehead atoms. The Balaban J connectivity index is 1.74. The number of nitrogens with zero attached hydrogens (tertiary/aromatic N) is 2. The van der Waals surface area contributed by atoms with Crippen molar-refractivity contribution in [1.82, 2.24) is 9.21 Å². The first-order valence-corrected chi connectivity index (χ1v) is 10.7. The van der Waals surface area contributed by atoms with Crippen LogP contribution in [0.1, 0.15) is 36.8 Å². The molecule has 2 N–H and O–H groups in total. The van der Waals surface area contributed by atoms with Crippen LogP contribution < -0.4 is 5.73 Å². The molecule has 28 heavy (non-hydrogen) atoms. The second-order valence-corrected chi connectivity index (χ2v) is 9.35. The maximum atomic E-state index is 13.1. The average molecular weight is 419 g/mol. The van der Waals surface area contributed by atoms with Gasteiger partial charge in [0.25, 0.3) is 0 Å². The van der Waals surface area contributed by atoms with Gasteiger partial charge in [-0.05, 0) is 56.8 Å². The molecule has 3 rings (SSSR count). The monoisotopic (exact) mass is 419 g/mol. The van der Waals surface area contributed by atoms with Crippen molar-refractivity contribution < 1.29 is 26.4 Å². The number of piperidine rings is 1. The number of carbonyl (C=O) groups is 1. The third kappa shape index (κ3) is 4.04. The summed E-state index contributed by atoms with van der Waals surface area (Å²) < 4.78 is 66.3. The molecule has 0 spiro atoms. The molecular weight excluding hydrogens is 395 g/mol. The molecule has 1 amide bonds. The smallest absolute Gasteiger partial charge is 0.368 e. The van der Waals surface area contributed by atoms with Crippen molar-refractivity contribution in [3.8, 4) is 0 Å². The van der Waals surface area contributed by atoms with Gasteiger partial charge in [0, 0.05) is 19.1 Å². The van der Waals surface area contributed by atoms with Gasteiger partial charge in [-0.15, -0.1) is 0 Å². The molecule has 0 radical (unpaired) electrons. The number of carbonyl (C=O) groups excluding carboxylic acids is 1. The summed E-state index contributed by atoms with van der Waals surface area (Å²) >= 11 is 0. The maximum absolute atomic E-state index is 13.1. The Labute approximate surface area is 162 Å². The van der Waals surface area contributed by atoms with E-state index in [9.17, 15) is 26.4 Å². The summed E-state index contributed by atoms with van der Waals surface area (Å²) in [5, 5.41) is 0. The van der Waals surface area contributed by atoms with Crippen molar-refractivity contribution in [2.45, 2.75) is 55.8 Å². The van der Waals surface area contributed by atoms with Crippen LogP contribution in [0, 0.1) is 6.92 Å². The molecule has 2 saturated heterocycles. The van der Waals surface area contributed by atoms with Crippen molar-refractivity contribution in [1.29, 1.82) is 0 Å². The van der Waals surface area contributed by atoms with Gasteiger partial charge in [-0.25, -0.2) is 8.42 Å². The molecule has 1 aromatic rings. The zero-order valence-corrected chi connectivity index (χ0v) is 16.4. The van der Waals surface area contributed by atoms with E-state index in [1.54, 1.807) is 0 Å².